The van der Waals surface area contributed by atoms with E-state index in [2.05, 4.69) is 15.6 Å². The van der Waals surface area contributed by atoms with Gasteiger partial charge in [-0.05, 0) is 35.6 Å². The third kappa shape index (κ3) is 3.96. The number of amides is 3. The standard InChI is InChI=1S/C19H15N3O3S2/c23-16-9-13(18(25)21-16)8-11-3-5-12(6-4-11)17(24)22-19-20-14(10-27-19)15-2-1-7-26-15/h1-7,10,13H,8-9H2,(H,20,22,24)(H,21,23,25)/t13-/m0/s1. The highest BCUT2D eigenvalue weighted by atomic mass is 32.1. The molecule has 0 bridgehead atoms. The van der Waals surface area contributed by atoms with Gasteiger partial charge in [0.1, 0.15) is 0 Å². The first-order valence-electron chi connectivity index (χ1n) is 8.32. The fourth-order valence-corrected chi connectivity index (χ4v) is 4.35. The molecular formula is C19H15N3O3S2. The van der Waals surface area contributed by atoms with E-state index in [-0.39, 0.29) is 30.1 Å². The number of hydrogen-bond donors (Lipinski definition) is 2. The van der Waals surface area contributed by atoms with Gasteiger partial charge in [-0.3, -0.25) is 25.0 Å². The van der Waals surface area contributed by atoms with Crippen molar-refractivity contribution >= 4 is 45.5 Å². The van der Waals surface area contributed by atoms with Crippen LogP contribution in [0.25, 0.3) is 10.6 Å². The lowest BCUT2D eigenvalue weighted by Crippen LogP contribution is -2.22. The van der Waals surface area contributed by atoms with Crippen molar-refractivity contribution in [3.63, 3.8) is 0 Å². The molecule has 3 amide bonds. The monoisotopic (exact) mass is 397 g/mol. The minimum atomic E-state index is -0.330. The maximum absolute atomic E-state index is 12.4. The van der Waals surface area contributed by atoms with Crippen molar-refractivity contribution in [2.75, 3.05) is 5.32 Å². The van der Waals surface area contributed by atoms with Gasteiger partial charge in [-0.25, -0.2) is 4.98 Å². The number of rotatable bonds is 5. The van der Waals surface area contributed by atoms with Gasteiger partial charge in [-0.15, -0.1) is 22.7 Å². The number of thiazole rings is 1. The van der Waals surface area contributed by atoms with Crippen molar-refractivity contribution in [2.24, 2.45) is 5.92 Å². The average molecular weight is 397 g/mol. The quantitative estimate of drug-likeness (QED) is 0.647. The molecule has 0 spiro atoms. The molecule has 27 heavy (non-hydrogen) atoms. The molecule has 8 heteroatoms. The molecule has 0 radical (unpaired) electrons. The van der Waals surface area contributed by atoms with Crippen LogP contribution in [-0.2, 0) is 16.0 Å². The van der Waals surface area contributed by atoms with Crippen LogP contribution in [0.15, 0.2) is 47.2 Å². The molecule has 1 aromatic carbocycles. The highest BCUT2D eigenvalue weighted by molar-refractivity contribution is 7.16. The molecule has 1 aliphatic heterocycles. The van der Waals surface area contributed by atoms with Crippen LogP contribution in [0, 0.1) is 5.92 Å². The SMILES string of the molecule is O=C1C[C@H](Cc2ccc(C(=O)Nc3nc(-c4cccs4)cs3)cc2)C(=O)N1. The van der Waals surface area contributed by atoms with Gasteiger partial charge >= 0.3 is 0 Å². The molecule has 6 nitrogen and oxygen atoms in total. The Bertz CT molecular complexity index is 994. The molecule has 0 aliphatic carbocycles. The van der Waals surface area contributed by atoms with E-state index < -0.39 is 0 Å². The van der Waals surface area contributed by atoms with Crippen molar-refractivity contribution in [1.29, 1.82) is 0 Å². The Labute approximate surface area is 163 Å². The summed E-state index contributed by atoms with van der Waals surface area (Å²) in [4.78, 5) is 40.8. The van der Waals surface area contributed by atoms with E-state index in [0.29, 0.717) is 17.1 Å². The van der Waals surface area contributed by atoms with Gasteiger partial charge in [-0.1, -0.05) is 18.2 Å². The molecule has 3 aromatic rings. The van der Waals surface area contributed by atoms with E-state index in [1.165, 1.54) is 11.3 Å². The maximum atomic E-state index is 12.4. The Morgan fingerprint density at radius 1 is 1.19 bits per heavy atom. The lowest BCUT2D eigenvalue weighted by atomic mass is 9.97. The van der Waals surface area contributed by atoms with E-state index in [0.717, 1.165) is 16.1 Å². The largest absolute Gasteiger partial charge is 0.298 e. The van der Waals surface area contributed by atoms with E-state index in [9.17, 15) is 14.4 Å². The zero-order chi connectivity index (χ0) is 18.8. The lowest BCUT2D eigenvalue weighted by Gasteiger charge is -2.07. The van der Waals surface area contributed by atoms with E-state index in [4.69, 9.17) is 0 Å². The van der Waals surface area contributed by atoms with Gasteiger partial charge < -0.3 is 0 Å². The predicted octanol–water partition coefficient (Wildman–Crippen LogP) is 3.33. The normalized spacial score (nSPS) is 16.4. The summed E-state index contributed by atoms with van der Waals surface area (Å²) in [6, 6.07) is 11.0. The molecule has 2 N–H and O–H groups in total. The summed E-state index contributed by atoms with van der Waals surface area (Å²) in [7, 11) is 0. The third-order valence-corrected chi connectivity index (χ3v) is 5.91. The number of benzene rings is 1. The summed E-state index contributed by atoms with van der Waals surface area (Å²) in [5.74, 6) is -1.02. The second-order valence-electron chi connectivity index (χ2n) is 6.18. The van der Waals surface area contributed by atoms with Crippen LogP contribution in [0.1, 0.15) is 22.3 Å². The molecule has 136 valence electrons. The molecule has 1 saturated heterocycles. The number of nitrogens with one attached hydrogen (secondary N) is 2. The molecule has 0 saturated carbocycles. The topological polar surface area (TPSA) is 88.2 Å². The second kappa shape index (κ2) is 7.42. The highest BCUT2D eigenvalue weighted by Gasteiger charge is 2.30. The van der Waals surface area contributed by atoms with Crippen molar-refractivity contribution in [3.05, 3.63) is 58.3 Å². The van der Waals surface area contributed by atoms with Crippen LogP contribution in [0.2, 0.25) is 0 Å². The van der Waals surface area contributed by atoms with Crippen LogP contribution >= 0.6 is 22.7 Å². The third-order valence-electron chi connectivity index (χ3n) is 4.26. The molecule has 4 rings (SSSR count). The Balaban J connectivity index is 1.39. The van der Waals surface area contributed by atoms with Crippen molar-refractivity contribution in [2.45, 2.75) is 12.8 Å². The lowest BCUT2D eigenvalue weighted by molar-refractivity contribution is -0.125. The smallest absolute Gasteiger partial charge is 0.257 e. The number of carbonyl (C=O) groups excluding carboxylic acids is 3. The number of aromatic nitrogens is 1. The van der Waals surface area contributed by atoms with E-state index >= 15 is 0 Å². The Kier molecular flexibility index (Phi) is 4.83. The minimum absolute atomic E-state index is 0.220. The Hall–Kier alpha value is -2.84. The molecule has 1 atom stereocenters. The summed E-state index contributed by atoms with van der Waals surface area (Å²) >= 11 is 2.98. The number of hydrogen-bond acceptors (Lipinski definition) is 6. The number of anilines is 1. The molecular weight excluding hydrogens is 382 g/mol. The summed E-state index contributed by atoms with van der Waals surface area (Å²) < 4.78 is 0. The first-order chi connectivity index (χ1) is 13.1. The van der Waals surface area contributed by atoms with Gasteiger partial charge in [0.05, 0.1) is 16.5 Å². The summed E-state index contributed by atoms with van der Waals surface area (Å²) in [5, 5.41) is 9.57. The first-order valence-corrected chi connectivity index (χ1v) is 10.1. The van der Waals surface area contributed by atoms with Gasteiger partial charge in [0, 0.05) is 17.4 Å². The van der Waals surface area contributed by atoms with Crippen LogP contribution in [0.4, 0.5) is 5.13 Å². The van der Waals surface area contributed by atoms with Crippen LogP contribution in [0.3, 0.4) is 0 Å². The van der Waals surface area contributed by atoms with Crippen LogP contribution in [0.5, 0.6) is 0 Å². The number of thiophene rings is 1. The predicted molar refractivity (Wildman–Crippen MR) is 105 cm³/mol. The van der Waals surface area contributed by atoms with Gasteiger partial charge in [0.25, 0.3) is 5.91 Å². The second-order valence-corrected chi connectivity index (χ2v) is 7.99. The van der Waals surface area contributed by atoms with Gasteiger partial charge in [0.15, 0.2) is 5.13 Å². The Morgan fingerprint density at radius 2 is 2.00 bits per heavy atom. The summed E-state index contributed by atoms with van der Waals surface area (Å²) in [6.07, 6.45) is 0.702. The summed E-state index contributed by atoms with van der Waals surface area (Å²) in [5.41, 5.74) is 2.28. The molecule has 1 fully saturated rings. The maximum Gasteiger partial charge on any atom is 0.257 e. The van der Waals surface area contributed by atoms with Crippen molar-refractivity contribution in [1.82, 2.24) is 10.3 Å². The molecule has 0 unspecified atom stereocenters. The van der Waals surface area contributed by atoms with Crippen molar-refractivity contribution in [3.8, 4) is 10.6 Å². The highest BCUT2D eigenvalue weighted by Crippen LogP contribution is 2.28. The van der Waals surface area contributed by atoms with Crippen molar-refractivity contribution < 1.29 is 14.4 Å². The first kappa shape index (κ1) is 17.6. The molecule has 2 aromatic heterocycles. The van der Waals surface area contributed by atoms with E-state index in [1.807, 2.05) is 35.0 Å². The van der Waals surface area contributed by atoms with E-state index in [1.54, 1.807) is 23.5 Å². The zero-order valence-corrected chi connectivity index (χ0v) is 15.7. The van der Waals surface area contributed by atoms with Crippen LogP contribution < -0.4 is 10.6 Å². The zero-order valence-electron chi connectivity index (χ0n) is 14.1. The van der Waals surface area contributed by atoms with Gasteiger partial charge in [-0.2, -0.15) is 0 Å². The van der Waals surface area contributed by atoms with Gasteiger partial charge in [0.2, 0.25) is 11.8 Å². The minimum Gasteiger partial charge on any atom is -0.298 e. The fraction of sp³-hybridized carbons (Fsp3) is 0.158. The molecule has 3 heterocycles. The number of imide groups is 1. The molecule has 1 aliphatic rings. The number of carbonyl (C=O) groups is 3. The summed E-state index contributed by atoms with van der Waals surface area (Å²) in [6.45, 7) is 0. The Morgan fingerprint density at radius 3 is 2.67 bits per heavy atom. The average Bonchev–Trinajstić information content (AvgIpc) is 3.38. The van der Waals surface area contributed by atoms with Crippen LogP contribution in [-0.4, -0.2) is 22.7 Å². The fourth-order valence-electron chi connectivity index (χ4n) is 2.89. The number of nitrogens with zero attached hydrogens (tertiary/aromatic N) is 1.